The molecule has 0 aliphatic carbocycles. The van der Waals surface area contributed by atoms with Crippen LogP contribution >= 0.6 is 0 Å². The van der Waals surface area contributed by atoms with E-state index in [4.69, 9.17) is 14.2 Å². The summed E-state index contributed by atoms with van der Waals surface area (Å²) in [4.78, 5) is 0. The van der Waals surface area contributed by atoms with Crippen molar-refractivity contribution in [2.45, 2.75) is 12.8 Å². The standard InChI is InChI=1S/C11H23NO3/c1-12-9-11(4-6-15-10-11)3-5-14-8-7-13-2/h12H,3-10H2,1-2H3. The highest BCUT2D eigenvalue weighted by atomic mass is 16.5. The molecule has 0 saturated carbocycles. The first-order valence-electron chi connectivity index (χ1n) is 5.62. The summed E-state index contributed by atoms with van der Waals surface area (Å²) in [5, 5.41) is 3.24. The van der Waals surface area contributed by atoms with Crippen LogP contribution in [0.25, 0.3) is 0 Å². The minimum Gasteiger partial charge on any atom is -0.382 e. The molecular formula is C11H23NO3. The van der Waals surface area contributed by atoms with Crippen LogP contribution in [0.2, 0.25) is 0 Å². The monoisotopic (exact) mass is 217 g/mol. The summed E-state index contributed by atoms with van der Waals surface area (Å²) < 4.78 is 15.9. The molecule has 1 heterocycles. The fraction of sp³-hybridized carbons (Fsp3) is 1.00. The fourth-order valence-electron chi connectivity index (χ4n) is 1.98. The molecule has 1 atom stereocenters. The van der Waals surface area contributed by atoms with E-state index in [1.807, 2.05) is 7.05 Å². The Morgan fingerprint density at radius 3 is 2.80 bits per heavy atom. The van der Waals surface area contributed by atoms with Gasteiger partial charge in [-0.1, -0.05) is 0 Å². The number of rotatable bonds is 8. The van der Waals surface area contributed by atoms with Gasteiger partial charge in [0.05, 0.1) is 19.8 Å². The van der Waals surface area contributed by atoms with E-state index in [1.165, 1.54) is 0 Å². The molecule has 1 fully saturated rings. The third-order valence-electron chi connectivity index (χ3n) is 2.95. The fourth-order valence-corrected chi connectivity index (χ4v) is 1.98. The average Bonchev–Trinajstić information content (AvgIpc) is 2.67. The van der Waals surface area contributed by atoms with Crippen LogP contribution in [0.15, 0.2) is 0 Å². The van der Waals surface area contributed by atoms with Crippen molar-refractivity contribution in [1.82, 2.24) is 5.32 Å². The van der Waals surface area contributed by atoms with E-state index in [2.05, 4.69) is 5.32 Å². The van der Waals surface area contributed by atoms with Crippen LogP contribution in [-0.4, -0.2) is 53.7 Å². The summed E-state index contributed by atoms with van der Waals surface area (Å²) in [6, 6.07) is 0. The van der Waals surface area contributed by atoms with E-state index in [-0.39, 0.29) is 0 Å². The van der Waals surface area contributed by atoms with E-state index >= 15 is 0 Å². The molecule has 4 heteroatoms. The van der Waals surface area contributed by atoms with Gasteiger partial charge in [0.25, 0.3) is 0 Å². The smallest absolute Gasteiger partial charge is 0.0700 e. The van der Waals surface area contributed by atoms with Gasteiger partial charge in [-0.15, -0.1) is 0 Å². The summed E-state index contributed by atoms with van der Waals surface area (Å²) >= 11 is 0. The minimum atomic E-state index is 0.293. The van der Waals surface area contributed by atoms with Gasteiger partial charge in [0, 0.05) is 32.3 Å². The molecule has 1 rings (SSSR count). The quantitative estimate of drug-likeness (QED) is 0.606. The Kier molecular flexibility index (Phi) is 6.17. The lowest BCUT2D eigenvalue weighted by Gasteiger charge is -2.26. The third kappa shape index (κ3) is 4.47. The summed E-state index contributed by atoms with van der Waals surface area (Å²) in [5.41, 5.74) is 0.293. The number of hydrogen-bond donors (Lipinski definition) is 1. The zero-order valence-electron chi connectivity index (χ0n) is 9.88. The van der Waals surface area contributed by atoms with Crippen molar-refractivity contribution in [3.8, 4) is 0 Å². The summed E-state index contributed by atoms with van der Waals surface area (Å²) in [5.74, 6) is 0. The highest BCUT2D eigenvalue weighted by molar-refractivity contribution is 4.84. The molecule has 4 nitrogen and oxygen atoms in total. The Hall–Kier alpha value is -0.160. The molecule has 0 aromatic carbocycles. The lowest BCUT2D eigenvalue weighted by atomic mass is 9.84. The Balaban J connectivity index is 2.14. The molecule has 15 heavy (non-hydrogen) atoms. The first kappa shape index (κ1) is 12.9. The van der Waals surface area contributed by atoms with Gasteiger partial charge in [-0.25, -0.2) is 0 Å². The highest BCUT2D eigenvalue weighted by Gasteiger charge is 2.33. The van der Waals surface area contributed by atoms with Crippen LogP contribution in [0.5, 0.6) is 0 Å². The molecule has 0 aromatic rings. The van der Waals surface area contributed by atoms with Gasteiger partial charge in [-0.05, 0) is 19.9 Å². The predicted molar refractivity (Wildman–Crippen MR) is 59.1 cm³/mol. The molecule has 0 spiro atoms. The third-order valence-corrected chi connectivity index (χ3v) is 2.95. The SMILES string of the molecule is CNCC1(CCOCCOC)CCOC1. The van der Waals surface area contributed by atoms with Gasteiger partial charge in [-0.3, -0.25) is 0 Å². The minimum absolute atomic E-state index is 0.293. The van der Waals surface area contributed by atoms with Crippen LogP contribution < -0.4 is 5.32 Å². The van der Waals surface area contributed by atoms with Crippen molar-refractivity contribution < 1.29 is 14.2 Å². The molecule has 1 N–H and O–H groups in total. The Bertz CT molecular complexity index is 158. The van der Waals surface area contributed by atoms with E-state index in [0.717, 1.165) is 39.2 Å². The van der Waals surface area contributed by atoms with Crippen molar-refractivity contribution in [2.24, 2.45) is 5.41 Å². The van der Waals surface area contributed by atoms with Gasteiger partial charge >= 0.3 is 0 Å². The van der Waals surface area contributed by atoms with Gasteiger partial charge < -0.3 is 19.5 Å². The van der Waals surface area contributed by atoms with Crippen LogP contribution in [0.4, 0.5) is 0 Å². The summed E-state index contributed by atoms with van der Waals surface area (Å²) in [6.07, 6.45) is 2.21. The molecule has 0 radical (unpaired) electrons. The van der Waals surface area contributed by atoms with Crippen LogP contribution in [-0.2, 0) is 14.2 Å². The second kappa shape index (κ2) is 7.17. The average molecular weight is 217 g/mol. The molecule has 0 aromatic heterocycles. The zero-order valence-corrected chi connectivity index (χ0v) is 9.88. The lowest BCUT2D eigenvalue weighted by molar-refractivity contribution is 0.0471. The first-order chi connectivity index (χ1) is 7.33. The van der Waals surface area contributed by atoms with E-state index in [9.17, 15) is 0 Å². The maximum Gasteiger partial charge on any atom is 0.0700 e. The number of ether oxygens (including phenoxy) is 3. The highest BCUT2D eigenvalue weighted by Crippen LogP contribution is 2.31. The lowest BCUT2D eigenvalue weighted by Crippen LogP contribution is -2.34. The molecule has 1 aliphatic rings. The van der Waals surface area contributed by atoms with Crippen LogP contribution in [0.3, 0.4) is 0 Å². The van der Waals surface area contributed by atoms with Gasteiger partial charge in [-0.2, -0.15) is 0 Å². The molecule has 1 aliphatic heterocycles. The zero-order chi connectivity index (χ0) is 11.0. The first-order valence-corrected chi connectivity index (χ1v) is 5.62. The second-order valence-corrected chi connectivity index (χ2v) is 4.19. The van der Waals surface area contributed by atoms with Gasteiger partial charge in [0.15, 0.2) is 0 Å². The molecule has 0 bridgehead atoms. The van der Waals surface area contributed by atoms with Gasteiger partial charge in [0.1, 0.15) is 0 Å². The Morgan fingerprint density at radius 1 is 1.33 bits per heavy atom. The van der Waals surface area contributed by atoms with E-state index in [1.54, 1.807) is 7.11 Å². The second-order valence-electron chi connectivity index (χ2n) is 4.19. The number of nitrogens with one attached hydrogen (secondary N) is 1. The Morgan fingerprint density at radius 2 is 2.20 bits per heavy atom. The van der Waals surface area contributed by atoms with Crippen molar-refractivity contribution in [1.29, 1.82) is 0 Å². The molecule has 1 unspecified atom stereocenters. The summed E-state index contributed by atoms with van der Waals surface area (Å²) in [6.45, 7) is 4.93. The number of methoxy groups -OCH3 is 1. The van der Waals surface area contributed by atoms with E-state index < -0.39 is 0 Å². The van der Waals surface area contributed by atoms with Crippen LogP contribution in [0.1, 0.15) is 12.8 Å². The maximum absolute atomic E-state index is 5.50. The normalized spacial score (nSPS) is 26.0. The van der Waals surface area contributed by atoms with Crippen molar-refractivity contribution in [2.75, 3.05) is 53.7 Å². The predicted octanol–water partition coefficient (Wildman–Crippen LogP) is 0.666. The van der Waals surface area contributed by atoms with Crippen molar-refractivity contribution in [3.05, 3.63) is 0 Å². The van der Waals surface area contributed by atoms with E-state index in [0.29, 0.717) is 18.6 Å². The Labute approximate surface area is 92.3 Å². The van der Waals surface area contributed by atoms with Crippen LogP contribution in [0, 0.1) is 5.41 Å². The van der Waals surface area contributed by atoms with Crippen molar-refractivity contribution >= 4 is 0 Å². The maximum atomic E-state index is 5.50. The van der Waals surface area contributed by atoms with Crippen molar-refractivity contribution in [3.63, 3.8) is 0 Å². The molecule has 1 saturated heterocycles. The number of hydrogen-bond acceptors (Lipinski definition) is 4. The molecular weight excluding hydrogens is 194 g/mol. The topological polar surface area (TPSA) is 39.7 Å². The largest absolute Gasteiger partial charge is 0.382 e. The summed E-state index contributed by atoms with van der Waals surface area (Å²) in [7, 11) is 3.68. The molecule has 90 valence electrons. The molecule has 0 amide bonds. The van der Waals surface area contributed by atoms with Gasteiger partial charge in [0.2, 0.25) is 0 Å².